The summed E-state index contributed by atoms with van der Waals surface area (Å²) in [6.07, 6.45) is 7.45. The van der Waals surface area contributed by atoms with Crippen LogP contribution in [0.15, 0.2) is 69.6 Å². The summed E-state index contributed by atoms with van der Waals surface area (Å²) in [6.45, 7) is 2.07. The number of carbonyl (C=O) groups excluding carboxylic acids is 1. The lowest BCUT2D eigenvalue weighted by molar-refractivity contribution is -0.118. The topological polar surface area (TPSA) is 64.4 Å². The van der Waals surface area contributed by atoms with Gasteiger partial charge in [-0.15, -0.1) is 0 Å². The van der Waals surface area contributed by atoms with E-state index in [0.29, 0.717) is 23.2 Å². The minimum Gasteiger partial charge on any atom is -0.484 e. The first-order valence-corrected chi connectivity index (χ1v) is 13.1. The number of benzene rings is 3. The first kappa shape index (κ1) is 23.6. The zero-order valence-electron chi connectivity index (χ0n) is 19.9. The molecule has 1 aliphatic rings. The Kier molecular flexibility index (Phi) is 7.19. The van der Waals surface area contributed by atoms with Crippen LogP contribution >= 0.6 is 15.9 Å². The van der Waals surface area contributed by atoms with Crippen molar-refractivity contribution in [3.05, 3.63) is 76.3 Å². The van der Waals surface area contributed by atoms with E-state index in [4.69, 9.17) is 9.15 Å². The molecule has 0 bridgehead atoms. The quantitative estimate of drug-likeness (QED) is 0.262. The minimum absolute atomic E-state index is 0.0382. The highest BCUT2D eigenvalue weighted by Crippen LogP contribution is 2.33. The van der Waals surface area contributed by atoms with E-state index in [2.05, 4.69) is 51.4 Å². The predicted octanol–water partition coefficient (Wildman–Crippen LogP) is 7.88. The first-order valence-electron chi connectivity index (χ1n) is 12.3. The number of aryl methyl sites for hydroxylation is 1. The number of ether oxygens (including phenoxy) is 1. The number of nitrogens with zero attached hydrogens (tertiary/aromatic N) is 1. The highest BCUT2D eigenvalue weighted by molar-refractivity contribution is 9.10. The normalized spacial score (nSPS) is 14.2. The number of anilines is 1. The minimum atomic E-state index is -0.202. The van der Waals surface area contributed by atoms with E-state index in [1.54, 1.807) is 0 Å². The molecule has 1 aliphatic carbocycles. The summed E-state index contributed by atoms with van der Waals surface area (Å²) in [4.78, 5) is 17.0. The van der Waals surface area contributed by atoms with E-state index in [-0.39, 0.29) is 12.5 Å². The van der Waals surface area contributed by atoms with Crippen LogP contribution in [0.25, 0.3) is 22.6 Å². The number of nitrogens with one attached hydrogen (secondary N) is 1. The van der Waals surface area contributed by atoms with Gasteiger partial charge in [-0.1, -0.05) is 38.3 Å². The van der Waals surface area contributed by atoms with Crippen LogP contribution in [0.2, 0.25) is 0 Å². The summed E-state index contributed by atoms with van der Waals surface area (Å²) < 4.78 is 12.6. The van der Waals surface area contributed by atoms with Crippen molar-refractivity contribution in [2.24, 2.45) is 0 Å². The Balaban J connectivity index is 1.17. The molecule has 0 spiro atoms. The average Bonchev–Trinajstić information content (AvgIpc) is 3.33. The van der Waals surface area contributed by atoms with Crippen LogP contribution in [0.4, 0.5) is 5.69 Å². The standard InChI is InChI=1S/C29H29BrN2O3/c1-2-19-16-25(30)28-26(17-19)32-29(35-28)22-8-12-23(13-9-22)31-27(33)18-34-24-14-10-21(11-15-24)20-6-4-3-5-7-20/h8-17,20H,2-7,18H2,1H3,(H,31,33). The van der Waals surface area contributed by atoms with Gasteiger partial charge in [0, 0.05) is 11.3 Å². The summed E-state index contributed by atoms with van der Waals surface area (Å²) in [7, 11) is 0. The molecule has 0 aliphatic heterocycles. The van der Waals surface area contributed by atoms with Crippen LogP contribution in [0.3, 0.4) is 0 Å². The van der Waals surface area contributed by atoms with Gasteiger partial charge < -0.3 is 14.5 Å². The van der Waals surface area contributed by atoms with Crippen molar-refractivity contribution in [3.63, 3.8) is 0 Å². The van der Waals surface area contributed by atoms with Crippen LogP contribution < -0.4 is 10.1 Å². The molecule has 1 saturated carbocycles. The largest absolute Gasteiger partial charge is 0.484 e. The molecule has 0 unspecified atom stereocenters. The van der Waals surface area contributed by atoms with Crippen LogP contribution in [0.1, 0.15) is 56.1 Å². The average molecular weight is 533 g/mol. The van der Waals surface area contributed by atoms with Gasteiger partial charge in [-0.05, 0) is 101 Å². The Morgan fingerprint density at radius 2 is 1.80 bits per heavy atom. The van der Waals surface area contributed by atoms with Crippen molar-refractivity contribution in [2.45, 2.75) is 51.4 Å². The lowest BCUT2D eigenvalue weighted by Crippen LogP contribution is -2.20. The summed E-state index contributed by atoms with van der Waals surface area (Å²) >= 11 is 3.57. The van der Waals surface area contributed by atoms with Crippen LogP contribution in [0.5, 0.6) is 5.75 Å². The Hall–Kier alpha value is -3.12. The second-order valence-electron chi connectivity index (χ2n) is 9.12. The maximum Gasteiger partial charge on any atom is 0.262 e. The van der Waals surface area contributed by atoms with Gasteiger partial charge in [0.25, 0.3) is 5.91 Å². The molecule has 4 aromatic rings. The first-order chi connectivity index (χ1) is 17.1. The number of hydrogen-bond acceptors (Lipinski definition) is 4. The van der Waals surface area contributed by atoms with Crippen molar-refractivity contribution in [1.29, 1.82) is 0 Å². The van der Waals surface area contributed by atoms with Gasteiger partial charge in [0.1, 0.15) is 11.3 Å². The Morgan fingerprint density at radius 1 is 1.06 bits per heavy atom. The number of carbonyl (C=O) groups is 1. The van der Waals surface area contributed by atoms with Gasteiger partial charge >= 0.3 is 0 Å². The van der Waals surface area contributed by atoms with Gasteiger partial charge in [-0.25, -0.2) is 4.98 Å². The second kappa shape index (κ2) is 10.6. The molecule has 5 nitrogen and oxygen atoms in total. The molecule has 1 fully saturated rings. The zero-order chi connectivity index (χ0) is 24.2. The van der Waals surface area contributed by atoms with Gasteiger partial charge in [0.15, 0.2) is 12.2 Å². The lowest BCUT2D eigenvalue weighted by Gasteiger charge is -2.22. The van der Waals surface area contributed by atoms with E-state index in [1.165, 1.54) is 43.2 Å². The molecule has 6 heteroatoms. The van der Waals surface area contributed by atoms with E-state index < -0.39 is 0 Å². The molecular weight excluding hydrogens is 504 g/mol. The monoisotopic (exact) mass is 532 g/mol. The second-order valence-corrected chi connectivity index (χ2v) is 9.97. The highest BCUT2D eigenvalue weighted by Gasteiger charge is 2.16. The van der Waals surface area contributed by atoms with Gasteiger partial charge in [-0.2, -0.15) is 0 Å². The molecular formula is C29H29BrN2O3. The number of amides is 1. The van der Waals surface area contributed by atoms with Crippen LogP contribution in [-0.2, 0) is 11.2 Å². The van der Waals surface area contributed by atoms with E-state index in [0.717, 1.165) is 27.6 Å². The SMILES string of the molecule is CCc1cc(Br)c2oc(-c3ccc(NC(=O)COc4ccc(C5CCCCC5)cc4)cc3)nc2c1. The fraction of sp³-hybridized carbons (Fsp3) is 0.310. The molecule has 35 heavy (non-hydrogen) atoms. The molecule has 180 valence electrons. The fourth-order valence-corrected chi connectivity index (χ4v) is 5.27. The smallest absolute Gasteiger partial charge is 0.262 e. The number of rotatable bonds is 7. The number of hydrogen-bond donors (Lipinski definition) is 1. The molecule has 3 aromatic carbocycles. The van der Waals surface area contributed by atoms with E-state index in [1.807, 2.05) is 42.5 Å². The van der Waals surface area contributed by atoms with Crippen LogP contribution in [-0.4, -0.2) is 17.5 Å². The lowest BCUT2D eigenvalue weighted by atomic mass is 9.84. The molecule has 1 aromatic heterocycles. The molecule has 0 saturated heterocycles. The number of aromatic nitrogens is 1. The number of halogens is 1. The Bertz CT molecular complexity index is 1310. The third-order valence-corrected chi connectivity index (χ3v) is 7.24. The van der Waals surface area contributed by atoms with Crippen molar-refractivity contribution >= 4 is 38.6 Å². The van der Waals surface area contributed by atoms with Crippen LogP contribution in [0, 0.1) is 0 Å². The van der Waals surface area contributed by atoms with Crippen molar-refractivity contribution < 1.29 is 13.9 Å². The van der Waals surface area contributed by atoms with Crippen molar-refractivity contribution in [3.8, 4) is 17.2 Å². The van der Waals surface area contributed by atoms with Gasteiger partial charge in [0.2, 0.25) is 5.89 Å². The Labute approximate surface area is 214 Å². The maximum absolute atomic E-state index is 12.4. The van der Waals surface area contributed by atoms with Gasteiger partial charge in [0.05, 0.1) is 4.47 Å². The highest BCUT2D eigenvalue weighted by atomic mass is 79.9. The summed E-state index contributed by atoms with van der Waals surface area (Å²) in [5, 5.41) is 2.88. The summed E-state index contributed by atoms with van der Waals surface area (Å²) in [6, 6.07) is 19.8. The van der Waals surface area contributed by atoms with E-state index >= 15 is 0 Å². The van der Waals surface area contributed by atoms with Crippen molar-refractivity contribution in [2.75, 3.05) is 11.9 Å². The van der Waals surface area contributed by atoms with E-state index in [9.17, 15) is 4.79 Å². The molecule has 0 atom stereocenters. The van der Waals surface area contributed by atoms with Gasteiger partial charge in [-0.3, -0.25) is 4.79 Å². The summed E-state index contributed by atoms with van der Waals surface area (Å²) in [5.74, 6) is 1.72. The predicted molar refractivity (Wildman–Crippen MR) is 143 cm³/mol. The molecule has 1 heterocycles. The number of oxazole rings is 1. The summed E-state index contributed by atoms with van der Waals surface area (Å²) in [5.41, 5.74) is 5.67. The third-order valence-electron chi connectivity index (χ3n) is 6.65. The molecule has 1 amide bonds. The molecule has 1 N–H and O–H groups in total. The third kappa shape index (κ3) is 5.59. The number of fused-ring (bicyclic) bond motifs is 1. The zero-order valence-corrected chi connectivity index (χ0v) is 21.4. The van der Waals surface area contributed by atoms with Crippen molar-refractivity contribution in [1.82, 2.24) is 4.98 Å². The maximum atomic E-state index is 12.4. The Morgan fingerprint density at radius 3 is 2.51 bits per heavy atom. The molecule has 0 radical (unpaired) electrons. The molecule has 5 rings (SSSR count). The fourth-order valence-electron chi connectivity index (χ4n) is 4.69.